The zero-order chi connectivity index (χ0) is 23.8. The second-order valence-electron chi connectivity index (χ2n) is 8.93. The molecule has 2 aromatic rings. The van der Waals surface area contributed by atoms with E-state index in [9.17, 15) is 10.2 Å². The maximum Gasteiger partial charge on any atom is 0.132 e. The molecule has 6 nitrogen and oxygen atoms in total. The summed E-state index contributed by atoms with van der Waals surface area (Å²) in [6.45, 7) is 9.32. The van der Waals surface area contributed by atoms with Gasteiger partial charge < -0.3 is 25.0 Å². The number of alkyl halides is 1. The third kappa shape index (κ3) is 7.70. The molecule has 0 radical (unpaired) electrons. The second-order valence-corrected chi connectivity index (χ2v) is 10.4. The zero-order valence-corrected chi connectivity index (χ0v) is 22.2. The zero-order valence-electron chi connectivity index (χ0n) is 19.3. The van der Waals surface area contributed by atoms with E-state index in [1.165, 1.54) is 5.56 Å². The van der Waals surface area contributed by atoms with Gasteiger partial charge in [0.15, 0.2) is 0 Å². The van der Waals surface area contributed by atoms with E-state index in [4.69, 9.17) is 21.1 Å². The molecule has 1 aliphatic rings. The van der Waals surface area contributed by atoms with Crippen molar-refractivity contribution in [1.29, 1.82) is 0 Å². The summed E-state index contributed by atoms with van der Waals surface area (Å²) in [5.74, 6) is 1.64. The Morgan fingerprint density at radius 2 is 1.64 bits per heavy atom. The van der Waals surface area contributed by atoms with Gasteiger partial charge in [0.05, 0.1) is 9.45 Å². The Kier molecular flexibility index (Phi) is 10.1. The van der Waals surface area contributed by atoms with Gasteiger partial charge in [-0.15, -0.1) is 11.6 Å². The largest absolute Gasteiger partial charge is 0.491 e. The van der Waals surface area contributed by atoms with Crippen molar-refractivity contribution in [3.8, 4) is 11.5 Å². The number of hydrogen-bond donors (Lipinski definition) is 3. The third-order valence-corrected chi connectivity index (χ3v) is 7.16. The first-order valence-electron chi connectivity index (χ1n) is 11.3. The molecule has 0 aromatic heterocycles. The molecule has 2 aromatic carbocycles. The monoisotopic (exact) mass is 584 g/mol. The standard InChI is InChI=1S/C25H34ClIN2O4/c1-25(2,19-5-8-24(23(27)13-19)33-16-20(30)14-26)18-3-6-22(7-4-18)32-17-21(31)15-29-11-9-28-10-12-29/h3-8,13,20-21,28,30-31H,9-12,14-17H2,1-2H3/t20-,21-/m1/s1/i27-4. The molecule has 8 heteroatoms. The van der Waals surface area contributed by atoms with Crippen molar-refractivity contribution in [2.24, 2.45) is 0 Å². The average molecular weight is 585 g/mol. The van der Waals surface area contributed by atoms with Crippen LogP contribution in [0.4, 0.5) is 0 Å². The van der Waals surface area contributed by atoms with E-state index in [2.05, 4.69) is 70.9 Å². The molecule has 0 amide bonds. The summed E-state index contributed by atoms with van der Waals surface area (Å²) in [6, 6.07) is 14.2. The Morgan fingerprint density at radius 3 is 2.27 bits per heavy atom. The van der Waals surface area contributed by atoms with Crippen LogP contribution in [0.15, 0.2) is 42.5 Å². The van der Waals surface area contributed by atoms with E-state index in [1.54, 1.807) is 0 Å². The average Bonchev–Trinajstić information content (AvgIpc) is 2.82. The van der Waals surface area contributed by atoms with Gasteiger partial charge in [-0.05, 0) is 58.0 Å². The quantitative estimate of drug-likeness (QED) is 0.278. The highest BCUT2D eigenvalue weighted by molar-refractivity contribution is 14.1. The van der Waals surface area contributed by atoms with Gasteiger partial charge >= 0.3 is 0 Å². The Morgan fingerprint density at radius 1 is 1.00 bits per heavy atom. The Hall–Kier alpha value is -1.10. The summed E-state index contributed by atoms with van der Waals surface area (Å²) in [4.78, 5) is 2.26. The summed E-state index contributed by atoms with van der Waals surface area (Å²) in [5.41, 5.74) is 2.12. The fourth-order valence-corrected chi connectivity index (χ4v) is 4.57. The highest BCUT2D eigenvalue weighted by Crippen LogP contribution is 2.35. The minimum absolute atomic E-state index is 0.149. The molecule has 0 aliphatic carbocycles. The predicted molar refractivity (Wildman–Crippen MR) is 141 cm³/mol. The van der Waals surface area contributed by atoms with E-state index in [0.717, 1.165) is 46.8 Å². The smallest absolute Gasteiger partial charge is 0.132 e. The molecule has 0 unspecified atom stereocenters. The van der Waals surface area contributed by atoms with Crippen molar-refractivity contribution in [2.45, 2.75) is 31.5 Å². The number of nitrogens with one attached hydrogen (secondary N) is 1. The van der Waals surface area contributed by atoms with E-state index < -0.39 is 12.2 Å². The molecule has 1 fully saturated rings. The molecule has 33 heavy (non-hydrogen) atoms. The van der Waals surface area contributed by atoms with Crippen molar-refractivity contribution < 1.29 is 19.7 Å². The summed E-state index contributed by atoms with van der Waals surface area (Å²) < 4.78 is 12.5. The predicted octanol–water partition coefficient (Wildman–Crippen LogP) is 3.24. The van der Waals surface area contributed by atoms with Crippen LogP contribution in [-0.2, 0) is 5.41 Å². The number of benzene rings is 2. The molecule has 182 valence electrons. The van der Waals surface area contributed by atoms with Crippen LogP contribution in [0.1, 0.15) is 25.0 Å². The van der Waals surface area contributed by atoms with E-state index in [1.807, 2.05) is 18.2 Å². The van der Waals surface area contributed by atoms with Crippen LogP contribution >= 0.6 is 34.2 Å². The van der Waals surface area contributed by atoms with Gasteiger partial charge in [0.2, 0.25) is 0 Å². The fraction of sp³-hybridized carbons (Fsp3) is 0.520. The molecule has 0 saturated carbocycles. The fourth-order valence-electron chi connectivity index (χ4n) is 3.81. The van der Waals surface area contributed by atoms with Crippen molar-refractivity contribution in [2.75, 3.05) is 51.8 Å². The summed E-state index contributed by atoms with van der Waals surface area (Å²) >= 11 is 7.90. The number of β-amino-alcohol motifs (C(OH)–C–C–N with tert-alkyl or cyclic N) is 1. The molecule has 3 rings (SSSR count). The van der Waals surface area contributed by atoms with Crippen LogP contribution in [0.5, 0.6) is 11.5 Å². The van der Waals surface area contributed by atoms with Crippen molar-refractivity contribution in [3.05, 3.63) is 57.2 Å². The van der Waals surface area contributed by atoms with Gasteiger partial charge in [-0.2, -0.15) is 0 Å². The maximum absolute atomic E-state index is 10.3. The van der Waals surface area contributed by atoms with Gasteiger partial charge in [0, 0.05) is 38.1 Å². The van der Waals surface area contributed by atoms with Gasteiger partial charge in [-0.25, -0.2) is 0 Å². The first kappa shape index (κ1) is 26.5. The van der Waals surface area contributed by atoms with Crippen LogP contribution in [0.25, 0.3) is 0 Å². The lowest BCUT2D eigenvalue weighted by Crippen LogP contribution is -2.47. The number of hydrogen-bond acceptors (Lipinski definition) is 6. The number of halogens is 2. The first-order valence-corrected chi connectivity index (χ1v) is 12.9. The number of aliphatic hydroxyl groups is 2. The second kappa shape index (κ2) is 12.6. The number of ether oxygens (including phenoxy) is 2. The number of rotatable bonds is 11. The van der Waals surface area contributed by atoms with Crippen LogP contribution in [0, 0.1) is 3.57 Å². The van der Waals surface area contributed by atoms with Gasteiger partial charge in [0.25, 0.3) is 0 Å². The highest BCUT2D eigenvalue weighted by atomic mass is 123. The molecule has 1 saturated heterocycles. The lowest BCUT2D eigenvalue weighted by atomic mass is 9.78. The first-order chi connectivity index (χ1) is 15.8. The van der Waals surface area contributed by atoms with Crippen molar-refractivity contribution in [1.82, 2.24) is 10.2 Å². The molecular weight excluding hydrogens is 551 g/mol. The van der Waals surface area contributed by atoms with Crippen LogP contribution in [-0.4, -0.2) is 79.1 Å². The summed E-state index contributed by atoms with van der Waals surface area (Å²) in [6.07, 6.45) is -1.19. The van der Waals surface area contributed by atoms with Gasteiger partial charge in [-0.3, -0.25) is 4.90 Å². The lowest BCUT2D eigenvalue weighted by molar-refractivity contribution is 0.0641. The van der Waals surface area contributed by atoms with Crippen LogP contribution in [0.3, 0.4) is 0 Å². The Labute approximate surface area is 215 Å². The lowest BCUT2D eigenvalue weighted by Gasteiger charge is -2.29. The Balaban J connectivity index is 1.57. The SMILES string of the molecule is CC(C)(c1ccc(OC[C@H](O)CN2CCNCC2)cc1)c1ccc(OC[C@H](O)CCl)c([123I])c1. The molecule has 1 aliphatic heterocycles. The van der Waals surface area contributed by atoms with E-state index >= 15 is 0 Å². The maximum atomic E-state index is 10.3. The highest BCUT2D eigenvalue weighted by Gasteiger charge is 2.24. The molecule has 0 bridgehead atoms. The molecule has 0 spiro atoms. The van der Waals surface area contributed by atoms with Crippen molar-refractivity contribution >= 4 is 34.2 Å². The van der Waals surface area contributed by atoms with Gasteiger partial charge in [0.1, 0.15) is 36.9 Å². The Bertz CT molecular complexity index is 875. The third-order valence-electron chi connectivity index (χ3n) is 5.96. The summed E-state index contributed by atoms with van der Waals surface area (Å²) in [7, 11) is 0. The van der Waals surface area contributed by atoms with E-state index in [0.29, 0.717) is 6.54 Å². The number of nitrogens with zero attached hydrogens (tertiary/aromatic N) is 1. The molecule has 2 atom stereocenters. The van der Waals surface area contributed by atoms with Crippen molar-refractivity contribution in [3.63, 3.8) is 0 Å². The topological polar surface area (TPSA) is 74.2 Å². The van der Waals surface area contributed by atoms with E-state index in [-0.39, 0.29) is 24.5 Å². The minimum atomic E-state index is -0.678. The number of aliphatic hydroxyl groups excluding tert-OH is 2. The minimum Gasteiger partial charge on any atom is -0.491 e. The number of piperazine rings is 1. The normalized spacial score (nSPS) is 16.9. The van der Waals surface area contributed by atoms with Crippen LogP contribution in [0.2, 0.25) is 0 Å². The summed E-state index contributed by atoms with van der Waals surface area (Å²) in [5, 5.41) is 23.2. The molecule has 3 N–H and O–H groups in total. The van der Waals surface area contributed by atoms with Gasteiger partial charge in [-0.1, -0.05) is 32.0 Å². The molecular formula is C25H34ClIN2O4. The molecule has 1 heterocycles. The van der Waals surface area contributed by atoms with Crippen LogP contribution < -0.4 is 14.8 Å².